The van der Waals surface area contributed by atoms with Gasteiger partial charge in [-0.2, -0.15) is 8.78 Å². The predicted octanol–water partition coefficient (Wildman–Crippen LogP) is 3.71. The predicted molar refractivity (Wildman–Crippen MR) is 92.3 cm³/mol. The fourth-order valence-corrected chi connectivity index (χ4v) is 2.43. The molecule has 2 aromatic carbocycles. The van der Waals surface area contributed by atoms with E-state index in [2.05, 4.69) is 4.74 Å². The highest BCUT2D eigenvalue weighted by Gasteiger charge is 2.15. The zero-order valence-electron chi connectivity index (χ0n) is 13.4. The number of halogens is 4. The van der Waals surface area contributed by atoms with Gasteiger partial charge in [-0.05, 0) is 42.5 Å². The van der Waals surface area contributed by atoms with Gasteiger partial charge in [-0.3, -0.25) is 14.9 Å². The number of benzene rings is 2. The first-order valence-corrected chi connectivity index (χ1v) is 8.02. The molecule has 2 aromatic rings. The Hall–Kier alpha value is -2.71. The summed E-state index contributed by atoms with van der Waals surface area (Å²) in [5.74, 6) is -2.67. The second-order valence-corrected chi connectivity index (χ2v) is 5.89. The Morgan fingerprint density at radius 2 is 1.56 bits per heavy atom. The van der Waals surface area contributed by atoms with Gasteiger partial charge in [-0.15, -0.1) is 0 Å². The van der Waals surface area contributed by atoms with Crippen LogP contribution in [0.1, 0.15) is 20.7 Å². The molecule has 0 saturated carbocycles. The molecule has 1 N–H and O–H groups in total. The van der Waals surface area contributed by atoms with Crippen molar-refractivity contribution >= 4 is 41.0 Å². The third-order valence-corrected chi connectivity index (χ3v) is 3.46. The van der Waals surface area contributed by atoms with E-state index in [-0.39, 0.29) is 26.9 Å². The van der Waals surface area contributed by atoms with Gasteiger partial charge < -0.3 is 9.47 Å². The van der Waals surface area contributed by atoms with Gasteiger partial charge in [0.2, 0.25) is 0 Å². The van der Waals surface area contributed by atoms with E-state index in [1.807, 2.05) is 5.32 Å². The van der Waals surface area contributed by atoms with Crippen LogP contribution >= 0.6 is 23.2 Å². The molecule has 0 heterocycles. The average molecular weight is 418 g/mol. The smallest absolute Gasteiger partial charge is 0.387 e. The third-order valence-electron chi connectivity index (χ3n) is 3.03. The van der Waals surface area contributed by atoms with Crippen molar-refractivity contribution in [1.82, 2.24) is 5.32 Å². The number of nitrogens with one attached hydrogen (secondary N) is 1. The first kappa shape index (κ1) is 20.6. The van der Waals surface area contributed by atoms with Gasteiger partial charge in [0.05, 0.1) is 5.56 Å². The Morgan fingerprint density at radius 1 is 0.963 bits per heavy atom. The maximum absolute atomic E-state index is 12.1. The number of hydrogen-bond acceptors (Lipinski definition) is 5. The van der Waals surface area contributed by atoms with E-state index >= 15 is 0 Å². The summed E-state index contributed by atoms with van der Waals surface area (Å²) in [6, 6.07) is 8.72. The molecule has 0 unspecified atom stereocenters. The summed E-state index contributed by atoms with van der Waals surface area (Å²) in [4.78, 5) is 35.5. The monoisotopic (exact) mass is 417 g/mol. The number of imide groups is 1. The van der Waals surface area contributed by atoms with Crippen molar-refractivity contribution < 1.29 is 32.6 Å². The van der Waals surface area contributed by atoms with Crippen molar-refractivity contribution in [2.45, 2.75) is 6.61 Å². The SMILES string of the molecule is O=C(COC(=O)c1cc(Cl)cc(Cl)c1)NC(=O)c1ccc(OC(F)F)cc1. The molecule has 0 saturated heterocycles. The highest BCUT2D eigenvalue weighted by atomic mass is 35.5. The molecule has 0 aliphatic rings. The number of carbonyl (C=O) groups is 3. The fraction of sp³-hybridized carbons (Fsp3) is 0.118. The van der Waals surface area contributed by atoms with Crippen LogP contribution in [0.4, 0.5) is 8.78 Å². The molecule has 2 rings (SSSR count). The zero-order chi connectivity index (χ0) is 20.0. The highest BCUT2D eigenvalue weighted by Crippen LogP contribution is 2.19. The Kier molecular flexibility index (Phi) is 7.09. The van der Waals surface area contributed by atoms with E-state index in [0.717, 1.165) is 12.1 Å². The summed E-state index contributed by atoms with van der Waals surface area (Å²) in [7, 11) is 0. The van der Waals surface area contributed by atoms with Crippen LogP contribution in [0.3, 0.4) is 0 Å². The Labute approximate surface area is 162 Å². The molecule has 142 valence electrons. The summed E-state index contributed by atoms with van der Waals surface area (Å²) in [6.45, 7) is -3.71. The van der Waals surface area contributed by atoms with Crippen molar-refractivity contribution in [3.8, 4) is 5.75 Å². The Bertz CT molecular complexity index is 839. The van der Waals surface area contributed by atoms with Gasteiger partial charge in [-0.25, -0.2) is 4.79 Å². The molecule has 0 aliphatic heterocycles. The van der Waals surface area contributed by atoms with E-state index in [1.54, 1.807) is 0 Å². The summed E-state index contributed by atoms with van der Waals surface area (Å²) in [5, 5.41) is 2.42. The van der Waals surface area contributed by atoms with Crippen LogP contribution in [0.25, 0.3) is 0 Å². The van der Waals surface area contributed by atoms with E-state index in [4.69, 9.17) is 27.9 Å². The van der Waals surface area contributed by atoms with Crippen LogP contribution in [0, 0.1) is 0 Å². The van der Waals surface area contributed by atoms with Crippen molar-refractivity contribution in [2.75, 3.05) is 6.61 Å². The van der Waals surface area contributed by atoms with Gasteiger partial charge >= 0.3 is 12.6 Å². The lowest BCUT2D eigenvalue weighted by atomic mass is 10.2. The molecule has 0 aromatic heterocycles. The number of esters is 1. The molecule has 0 atom stereocenters. The van der Waals surface area contributed by atoms with Crippen molar-refractivity contribution in [2.24, 2.45) is 0 Å². The van der Waals surface area contributed by atoms with E-state index < -0.39 is 31.0 Å². The molecule has 0 fully saturated rings. The topological polar surface area (TPSA) is 81.7 Å². The van der Waals surface area contributed by atoms with Gasteiger partial charge in [0.25, 0.3) is 11.8 Å². The summed E-state index contributed by atoms with van der Waals surface area (Å²) in [6.07, 6.45) is 0. The van der Waals surface area contributed by atoms with Crippen molar-refractivity contribution in [1.29, 1.82) is 0 Å². The lowest BCUT2D eigenvalue weighted by Gasteiger charge is -2.07. The second kappa shape index (κ2) is 9.29. The Balaban J connectivity index is 1.87. The first-order valence-electron chi connectivity index (χ1n) is 7.27. The number of carbonyl (C=O) groups excluding carboxylic acids is 3. The van der Waals surface area contributed by atoms with E-state index in [0.29, 0.717) is 0 Å². The standard InChI is InChI=1S/C17H11Cl2F2NO5/c18-11-5-10(6-12(19)7-11)16(25)26-8-14(23)22-15(24)9-1-3-13(4-2-9)27-17(20)21/h1-7,17H,8H2,(H,22,23,24). The van der Waals surface area contributed by atoms with Gasteiger partial charge in [0.1, 0.15) is 5.75 Å². The summed E-state index contributed by atoms with van der Waals surface area (Å²) < 4.78 is 33.1. The van der Waals surface area contributed by atoms with E-state index in [1.165, 1.54) is 30.3 Å². The minimum absolute atomic E-state index is 0.0258. The third kappa shape index (κ3) is 6.50. The number of rotatable bonds is 6. The molecular formula is C17H11Cl2F2NO5. The molecule has 27 heavy (non-hydrogen) atoms. The molecule has 2 amide bonds. The maximum Gasteiger partial charge on any atom is 0.387 e. The fourth-order valence-electron chi connectivity index (χ4n) is 1.91. The van der Waals surface area contributed by atoms with Crippen molar-refractivity contribution in [3.05, 3.63) is 63.6 Å². The molecule has 6 nitrogen and oxygen atoms in total. The average Bonchev–Trinajstić information content (AvgIpc) is 2.58. The minimum atomic E-state index is -2.99. The number of hydrogen-bond donors (Lipinski definition) is 1. The zero-order valence-corrected chi connectivity index (χ0v) is 14.9. The van der Waals surface area contributed by atoms with Crippen LogP contribution in [0.5, 0.6) is 5.75 Å². The largest absolute Gasteiger partial charge is 0.452 e. The van der Waals surface area contributed by atoms with Crippen LogP contribution in [0.2, 0.25) is 10.0 Å². The molecular weight excluding hydrogens is 407 g/mol. The lowest BCUT2D eigenvalue weighted by Crippen LogP contribution is -2.34. The van der Waals surface area contributed by atoms with Gasteiger partial charge in [-0.1, -0.05) is 23.2 Å². The molecule has 0 bridgehead atoms. The van der Waals surface area contributed by atoms with E-state index in [9.17, 15) is 23.2 Å². The molecule has 0 aliphatic carbocycles. The molecule has 0 radical (unpaired) electrons. The van der Waals surface area contributed by atoms with Gasteiger partial charge in [0.15, 0.2) is 6.61 Å². The van der Waals surface area contributed by atoms with Crippen LogP contribution in [-0.4, -0.2) is 31.0 Å². The number of amides is 2. The first-order chi connectivity index (χ1) is 12.7. The van der Waals surface area contributed by atoms with Crippen molar-refractivity contribution in [3.63, 3.8) is 0 Å². The normalized spacial score (nSPS) is 10.4. The van der Waals surface area contributed by atoms with Gasteiger partial charge in [0, 0.05) is 15.6 Å². The van der Waals surface area contributed by atoms with Crippen LogP contribution in [0.15, 0.2) is 42.5 Å². The number of ether oxygens (including phenoxy) is 2. The number of alkyl halides is 2. The Morgan fingerprint density at radius 3 is 2.11 bits per heavy atom. The molecule has 0 spiro atoms. The second-order valence-electron chi connectivity index (χ2n) is 5.01. The quantitative estimate of drug-likeness (QED) is 0.724. The summed E-state index contributed by atoms with van der Waals surface area (Å²) in [5.41, 5.74) is 0.0687. The molecule has 10 heteroatoms. The maximum atomic E-state index is 12.1. The summed E-state index contributed by atoms with van der Waals surface area (Å²) >= 11 is 11.5. The van der Waals surface area contributed by atoms with Crippen LogP contribution in [-0.2, 0) is 9.53 Å². The van der Waals surface area contributed by atoms with Crippen LogP contribution < -0.4 is 10.1 Å². The highest BCUT2D eigenvalue weighted by molar-refractivity contribution is 6.35. The lowest BCUT2D eigenvalue weighted by molar-refractivity contribution is -0.123. The minimum Gasteiger partial charge on any atom is -0.452 e.